The first-order valence-corrected chi connectivity index (χ1v) is 6.29. The quantitative estimate of drug-likeness (QED) is 0.637. The molecule has 0 aromatic heterocycles. The maximum atomic E-state index is 12.0. The Hall–Kier alpha value is -1.14. The van der Waals surface area contributed by atoms with Crippen LogP contribution in [0.5, 0.6) is 0 Å². The van der Waals surface area contributed by atoms with Crippen molar-refractivity contribution in [1.82, 2.24) is 5.32 Å². The number of nitrogens with one attached hydrogen (secondary N) is 1. The highest BCUT2D eigenvalue weighted by molar-refractivity contribution is 5.83. The lowest BCUT2D eigenvalue weighted by molar-refractivity contribution is -0.152. The van der Waals surface area contributed by atoms with Gasteiger partial charge in [0.2, 0.25) is 5.91 Å². The third-order valence-electron chi connectivity index (χ3n) is 3.63. The van der Waals surface area contributed by atoms with Gasteiger partial charge in [-0.1, -0.05) is 13.8 Å². The second-order valence-electron chi connectivity index (χ2n) is 4.66. The van der Waals surface area contributed by atoms with Crippen molar-refractivity contribution in [2.75, 3.05) is 6.61 Å². The minimum Gasteiger partial charge on any atom is -0.479 e. The van der Waals surface area contributed by atoms with E-state index >= 15 is 0 Å². The van der Waals surface area contributed by atoms with Gasteiger partial charge in [0.05, 0.1) is 12.1 Å². The van der Waals surface area contributed by atoms with Crippen LogP contribution >= 0.6 is 0 Å². The standard InChI is InChI=1S/C12H21NO5/c1-3-12(4-2,7-14)13-10(15)8-5-6-9(18-8)11(16)17/h8-9,14H,3-7H2,1-2H3,(H,13,15)(H,16,17). The van der Waals surface area contributed by atoms with Gasteiger partial charge in [0.25, 0.3) is 0 Å². The molecule has 1 fully saturated rings. The lowest BCUT2D eigenvalue weighted by Crippen LogP contribution is -2.53. The lowest BCUT2D eigenvalue weighted by Gasteiger charge is -2.31. The fourth-order valence-electron chi connectivity index (χ4n) is 2.04. The van der Waals surface area contributed by atoms with Gasteiger partial charge >= 0.3 is 5.97 Å². The Kier molecular flexibility index (Phi) is 5.10. The van der Waals surface area contributed by atoms with Gasteiger partial charge in [0, 0.05) is 0 Å². The first-order valence-electron chi connectivity index (χ1n) is 6.29. The monoisotopic (exact) mass is 259 g/mol. The molecule has 1 rings (SSSR count). The van der Waals surface area contributed by atoms with Gasteiger partial charge < -0.3 is 20.3 Å². The molecule has 1 heterocycles. The highest BCUT2D eigenvalue weighted by Crippen LogP contribution is 2.22. The molecule has 1 saturated heterocycles. The van der Waals surface area contributed by atoms with E-state index < -0.39 is 23.7 Å². The van der Waals surface area contributed by atoms with Crippen molar-refractivity contribution in [3.05, 3.63) is 0 Å². The summed E-state index contributed by atoms with van der Waals surface area (Å²) in [6.07, 6.45) is 0.347. The van der Waals surface area contributed by atoms with Crippen LogP contribution in [0.4, 0.5) is 0 Å². The normalized spacial score (nSPS) is 23.9. The summed E-state index contributed by atoms with van der Waals surface area (Å²) >= 11 is 0. The lowest BCUT2D eigenvalue weighted by atomic mass is 9.93. The van der Waals surface area contributed by atoms with E-state index in [1.165, 1.54) is 0 Å². The number of hydrogen-bond donors (Lipinski definition) is 3. The summed E-state index contributed by atoms with van der Waals surface area (Å²) in [6, 6.07) is 0. The summed E-state index contributed by atoms with van der Waals surface area (Å²) in [6.45, 7) is 3.63. The minimum absolute atomic E-state index is 0.138. The van der Waals surface area contributed by atoms with Crippen molar-refractivity contribution in [2.24, 2.45) is 0 Å². The molecule has 0 bridgehead atoms. The molecule has 2 unspecified atom stereocenters. The van der Waals surface area contributed by atoms with Crippen molar-refractivity contribution in [3.63, 3.8) is 0 Å². The molecule has 6 nitrogen and oxygen atoms in total. The van der Waals surface area contributed by atoms with Crippen LogP contribution in [0.3, 0.4) is 0 Å². The van der Waals surface area contributed by atoms with Gasteiger partial charge in [-0.05, 0) is 25.7 Å². The average Bonchev–Trinajstić information content (AvgIpc) is 2.86. The predicted molar refractivity (Wildman–Crippen MR) is 64.1 cm³/mol. The molecule has 0 aromatic rings. The molecule has 1 aliphatic heterocycles. The molecule has 0 spiro atoms. The van der Waals surface area contributed by atoms with E-state index in [9.17, 15) is 14.7 Å². The zero-order chi connectivity index (χ0) is 13.8. The SMILES string of the molecule is CCC(CC)(CO)NC(=O)C1CCC(C(=O)O)O1. The summed E-state index contributed by atoms with van der Waals surface area (Å²) in [5.41, 5.74) is -0.637. The van der Waals surface area contributed by atoms with Crippen molar-refractivity contribution >= 4 is 11.9 Å². The first-order chi connectivity index (χ1) is 8.48. The van der Waals surface area contributed by atoms with Crippen LogP contribution in [0.15, 0.2) is 0 Å². The summed E-state index contributed by atoms with van der Waals surface area (Å²) in [5.74, 6) is -1.37. The van der Waals surface area contributed by atoms with Crippen LogP contribution in [0.1, 0.15) is 39.5 Å². The topological polar surface area (TPSA) is 95.9 Å². The molecule has 18 heavy (non-hydrogen) atoms. The molecular formula is C12H21NO5. The highest BCUT2D eigenvalue weighted by Gasteiger charge is 2.37. The number of carbonyl (C=O) groups is 2. The molecule has 3 N–H and O–H groups in total. The summed E-state index contributed by atoms with van der Waals surface area (Å²) in [7, 11) is 0. The Morgan fingerprint density at radius 2 is 1.83 bits per heavy atom. The third kappa shape index (κ3) is 3.20. The number of hydrogen-bond acceptors (Lipinski definition) is 4. The number of rotatable bonds is 6. The zero-order valence-electron chi connectivity index (χ0n) is 10.8. The third-order valence-corrected chi connectivity index (χ3v) is 3.63. The van der Waals surface area contributed by atoms with Crippen LogP contribution in [0, 0.1) is 0 Å². The summed E-state index contributed by atoms with van der Waals surface area (Å²) in [5, 5.41) is 20.9. The number of ether oxygens (including phenoxy) is 1. The van der Waals surface area contributed by atoms with E-state index in [1.54, 1.807) is 0 Å². The van der Waals surface area contributed by atoms with Gasteiger partial charge in [-0.15, -0.1) is 0 Å². The van der Waals surface area contributed by atoms with Crippen LogP contribution < -0.4 is 5.32 Å². The molecule has 1 amide bonds. The van der Waals surface area contributed by atoms with Crippen LogP contribution in [0.2, 0.25) is 0 Å². The van der Waals surface area contributed by atoms with E-state index in [4.69, 9.17) is 9.84 Å². The van der Waals surface area contributed by atoms with Crippen molar-refractivity contribution in [2.45, 2.75) is 57.3 Å². The fraction of sp³-hybridized carbons (Fsp3) is 0.833. The Morgan fingerprint density at radius 1 is 1.28 bits per heavy atom. The first kappa shape index (κ1) is 14.9. The van der Waals surface area contributed by atoms with E-state index in [0.29, 0.717) is 25.7 Å². The molecule has 1 aliphatic rings. The van der Waals surface area contributed by atoms with E-state index in [2.05, 4.69) is 5.32 Å². The number of carboxylic acids is 1. The van der Waals surface area contributed by atoms with Crippen molar-refractivity contribution in [3.8, 4) is 0 Å². The maximum Gasteiger partial charge on any atom is 0.332 e. The van der Waals surface area contributed by atoms with Gasteiger partial charge in [-0.25, -0.2) is 4.79 Å². The number of amides is 1. The Morgan fingerprint density at radius 3 is 2.22 bits per heavy atom. The van der Waals surface area contributed by atoms with E-state index in [-0.39, 0.29) is 12.5 Å². The predicted octanol–water partition coefficient (Wildman–Crippen LogP) is 0.286. The summed E-state index contributed by atoms with van der Waals surface area (Å²) in [4.78, 5) is 22.7. The maximum absolute atomic E-state index is 12.0. The van der Waals surface area contributed by atoms with Gasteiger partial charge in [-0.3, -0.25) is 4.79 Å². The van der Waals surface area contributed by atoms with Crippen molar-refractivity contribution in [1.29, 1.82) is 0 Å². The molecule has 0 saturated carbocycles. The molecule has 0 aliphatic carbocycles. The number of carbonyl (C=O) groups excluding carboxylic acids is 1. The van der Waals surface area contributed by atoms with E-state index in [0.717, 1.165) is 0 Å². The number of carboxylic acid groups (broad SMARTS) is 1. The molecule has 104 valence electrons. The van der Waals surface area contributed by atoms with Gasteiger partial charge in [-0.2, -0.15) is 0 Å². The molecule has 0 aromatic carbocycles. The fourth-order valence-corrected chi connectivity index (χ4v) is 2.04. The Labute approximate surface area is 106 Å². The number of aliphatic hydroxyl groups excluding tert-OH is 1. The summed E-state index contributed by atoms with van der Waals surface area (Å²) < 4.78 is 5.17. The largest absolute Gasteiger partial charge is 0.479 e. The molecular weight excluding hydrogens is 238 g/mol. The van der Waals surface area contributed by atoms with Crippen LogP contribution in [-0.4, -0.2) is 46.4 Å². The molecule has 0 radical (unpaired) electrons. The average molecular weight is 259 g/mol. The molecule has 2 atom stereocenters. The second-order valence-corrected chi connectivity index (χ2v) is 4.66. The highest BCUT2D eigenvalue weighted by atomic mass is 16.5. The Bertz CT molecular complexity index is 305. The van der Waals surface area contributed by atoms with Crippen molar-refractivity contribution < 1.29 is 24.5 Å². The zero-order valence-corrected chi connectivity index (χ0v) is 10.8. The second kappa shape index (κ2) is 6.15. The number of aliphatic carboxylic acids is 1. The number of aliphatic hydroxyl groups is 1. The van der Waals surface area contributed by atoms with E-state index in [1.807, 2.05) is 13.8 Å². The smallest absolute Gasteiger partial charge is 0.332 e. The van der Waals surface area contributed by atoms with Gasteiger partial charge in [0.15, 0.2) is 6.10 Å². The van der Waals surface area contributed by atoms with Crippen LogP contribution in [-0.2, 0) is 14.3 Å². The minimum atomic E-state index is -1.04. The van der Waals surface area contributed by atoms with Gasteiger partial charge in [0.1, 0.15) is 6.10 Å². The Balaban J connectivity index is 2.58. The molecule has 6 heteroatoms. The van der Waals surface area contributed by atoms with Crippen LogP contribution in [0.25, 0.3) is 0 Å².